The predicted molar refractivity (Wildman–Crippen MR) is 91.0 cm³/mol. The number of halogens is 3. The van der Waals surface area contributed by atoms with Crippen molar-refractivity contribution >= 4 is 31.8 Å². The van der Waals surface area contributed by atoms with Crippen molar-refractivity contribution in [2.24, 2.45) is 0 Å². The fraction of sp³-hybridized carbons (Fsp3) is 0.312. The maximum Gasteiger partial charge on any atom is 0.485 e. The number of nitriles is 1. The minimum Gasteiger partial charge on any atom is -0.741 e. The minimum absolute atomic E-state index is 0.208. The van der Waals surface area contributed by atoms with E-state index in [1.807, 2.05) is 0 Å². The predicted octanol–water partition coefficient (Wildman–Crippen LogP) is 3.80. The number of alkyl halides is 3. The highest BCUT2D eigenvalue weighted by molar-refractivity contribution is 7.97. The third kappa shape index (κ3) is 6.23. The van der Waals surface area contributed by atoms with Gasteiger partial charge in [-0.3, -0.25) is 0 Å². The second kappa shape index (κ2) is 9.08. The number of benzene rings is 2. The van der Waals surface area contributed by atoms with Crippen LogP contribution in [0.2, 0.25) is 0 Å². The molecule has 0 aliphatic rings. The summed E-state index contributed by atoms with van der Waals surface area (Å²) in [7, 11) is -5.88. The highest BCUT2D eigenvalue weighted by atomic mass is 32.2. The van der Waals surface area contributed by atoms with E-state index in [9.17, 15) is 13.2 Å². The summed E-state index contributed by atoms with van der Waals surface area (Å²) < 4.78 is 58.9. The van der Waals surface area contributed by atoms with E-state index in [0.29, 0.717) is 6.42 Å². The lowest BCUT2D eigenvalue weighted by Gasteiger charge is -2.08. The molecule has 0 aromatic heterocycles. The number of rotatable bonds is 4. The molecule has 4 nitrogen and oxygen atoms in total. The van der Waals surface area contributed by atoms with E-state index in [1.165, 1.54) is 15.7 Å². The molecule has 0 amide bonds. The highest BCUT2D eigenvalue weighted by Crippen LogP contribution is 2.25. The zero-order valence-electron chi connectivity index (χ0n) is 13.3. The standard InChI is InChI=1S/C15H16NS.CHF3O3S/c1-2-17(12-6-11-16)15-10-5-8-13-7-3-4-9-14(13)15;2-1(3,4)8(5,6)7/h3-5,7-10H,2,6,12H2,1H3;(H,5,6,7)/q+1;/p-1. The van der Waals surface area contributed by atoms with Crippen molar-refractivity contribution in [3.63, 3.8) is 0 Å². The summed E-state index contributed by atoms with van der Waals surface area (Å²) in [6, 6.07) is 17.3. The van der Waals surface area contributed by atoms with Crippen LogP contribution in [0.25, 0.3) is 10.8 Å². The first-order chi connectivity index (χ1) is 11.6. The van der Waals surface area contributed by atoms with Crippen molar-refractivity contribution in [3.05, 3.63) is 42.5 Å². The summed E-state index contributed by atoms with van der Waals surface area (Å²) in [5.41, 5.74) is -5.65. The quantitative estimate of drug-likeness (QED) is 0.451. The molecule has 0 bridgehead atoms. The summed E-state index contributed by atoms with van der Waals surface area (Å²) in [6.45, 7) is 2.21. The van der Waals surface area contributed by atoms with Crippen LogP contribution in [0.3, 0.4) is 0 Å². The third-order valence-corrected chi connectivity index (χ3v) is 6.09. The van der Waals surface area contributed by atoms with Crippen molar-refractivity contribution in [3.8, 4) is 6.07 Å². The first kappa shape index (κ1) is 21.3. The normalized spacial score (nSPS) is 12.8. The second-order valence-electron chi connectivity index (χ2n) is 4.77. The summed E-state index contributed by atoms with van der Waals surface area (Å²) in [5, 5.41) is 11.4. The number of nitrogens with zero attached hydrogens (tertiary/aromatic N) is 1. The van der Waals surface area contributed by atoms with Gasteiger partial charge in [0.25, 0.3) is 0 Å². The molecule has 2 rings (SSSR count). The molecule has 1 unspecified atom stereocenters. The molecule has 0 aliphatic heterocycles. The van der Waals surface area contributed by atoms with E-state index in [-0.39, 0.29) is 10.9 Å². The molecule has 2 aromatic rings. The van der Waals surface area contributed by atoms with Gasteiger partial charge in [0.05, 0.1) is 12.5 Å². The second-order valence-corrected chi connectivity index (χ2v) is 8.55. The van der Waals surface area contributed by atoms with Gasteiger partial charge in [-0.1, -0.05) is 30.3 Å². The molecule has 0 saturated carbocycles. The van der Waals surface area contributed by atoms with Crippen LogP contribution in [-0.2, 0) is 21.0 Å². The molecule has 9 heteroatoms. The fourth-order valence-electron chi connectivity index (χ4n) is 2.03. The molecule has 0 fully saturated rings. The maximum atomic E-state index is 10.7. The van der Waals surface area contributed by atoms with Gasteiger partial charge in [0.1, 0.15) is 11.5 Å². The van der Waals surface area contributed by atoms with Gasteiger partial charge in [-0.05, 0) is 24.4 Å². The average Bonchev–Trinajstić information content (AvgIpc) is 2.54. The Balaban J connectivity index is 0.000000333. The molecule has 0 heterocycles. The molecule has 0 saturated heterocycles. The first-order valence-corrected chi connectivity index (χ1v) is 10.1. The zero-order chi connectivity index (χ0) is 19.1. The van der Waals surface area contributed by atoms with Gasteiger partial charge in [0.2, 0.25) is 0 Å². The Morgan fingerprint density at radius 1 is 1.16 bits per heavy atom. The van der Waals surface area contributed by atoms with Crippen LogP contribution in [0.5, 0.6) is 0 Å². The van der Waals surface area contributed by atoms with E-state index in [2.05, 4.69) is 55.5 Å². The smallest absolute Gasteiger partial charge is 0.485 e. The molecule has 0 spiro atoms. The monoisotopic (exact) mass is 391 g/mol. The SMILES string of the molecule is CC[S+](CCC#N)c1cccc2ccccc12.O=S(=O)([O-])C(F)(F)F. The van der Waals surface area contributed by atoms with Gasteiger partial charge >= 0.3 is 5.51 Å². The molecule has 25 heavy (non-hydrogen) atoms. The summed E-state index contributed by atoms with van der Waals surface area (Å²) >= 11 is 0. The Morgan fingerprint density at radius 3 is 2.24 bits per heavy atom. The van der Waals surface area contributed by atoms with Crippen LogP contribution in [0.1, 0.15) is 13.3 Å². The molecule has 136 valence electrons. The van der Waals surface area contributed by atoms with Crippen LogP contribution in [0.4, 0.5) is 13.2 Å². The van der Waals surface area contributed by atoms with Crippen molar-refractivity contribution in [1.29, 1.82) is 5.26 Å². The molecule has 1 atom stereocenters. The highest BCUT2D eigenvalue weighted by Gasteiger charge is 2.36. The first-order valence-electron chi connectivity index (χ1n) is 7.16. The van der Waals surface area contributed by atoms with Crippen LogP contribution < -0.4 is 0 Å². The van der Waals surface area contributed by atoms with Gasteiger partial charge in [-0.2, -0.15) is 18.4 Å². The van der Waals surface area contributed by atoms with E-state index in [0.717, 1.165) is 11.5 Å². The van der Waals surface area contributed by atoms with Crippen LogP contribution in [0.15, 0.2) is 47.4 Å². The maximum absolute atomic E-state index is 10.7. The van der Waals surface area contributed by atoms with Crippen LogP contribution in [-0.4, -0.2) is 30.0 Å². The Kier molecular flexibility index (Phi) is 7.73. The fourth-order valence-corrected chi connectivity index (χ4v) is 3.95. The van der Waals surface area contributed by atoms with Gasteiger partial charge < -0.3 is 4.55 Å². The average molecular weight is 391 g/mol. The van der Waals surface area contributed by atoms with Crippen LogP contribution in [0, 0.1) is 11.3 Å². The van der Waals surface area contributed by atoms with E-state index < -0.39 is 15.6 Å². The molecular formula is C16H16F3NO3S2. The van der Waals surface area contributed by atoms with Crippen molar-refractivity contribution in [1.82, 2.24) is 0 Å². The minimum atomic E-state index is -6.09. The van der Waals surface area contributed by atoms with E-state index in [1.54, 1.807) is 0 Å². The Hall–Kier alpha value is -1.76. The lowest BCUT2D eigenvalue weighted by atomic mass is 10.1. The molecule has 2 aromatic carbocycles. The van der Waals surface area contributed by atoms with Crippen molar-refractivity contribution < 1.29 is 26.1 Å². The third-order valence-electron chi connectivity index (χ3n) is 3.15. The summed E-state index contributed by atoms with van der Waals surface area (Å²) in [5.74, 6) is 2.11. The molecular weight excluding hydrogens is 375 g/mol. The van der Waals surface area contributed by atoms with Gasteiger partial charge in [-0.25, -0.2) is 8.42 Å². The van der Waals surface area contributed by atoms with Crippen LogP contribution >= 0.6 is 0 Å². The molecule has 0 radical (unpaired) electrons. The van der Waals surface area contributed by atoms with Crippen molar-refractivity contribution in [2.45, 2.75) is 23.7 Å². The van der Waals surface area contributed by atoms with Gasteiger partial charge in [0.15, 0.2) is 15.0 Å². The largest absolute Gasteiger partial charge is 0.741 e. The number of hydrogen-bond acceptors (Lipinski definition) is 4. The lowest BCUT2D eigenvalue weighted by molar-refractivity contribution is -0.0517. The lowest BCUT2D eigenvalue weighted by Crippen LogP contribution is -2.21. The Morgan fingerprint density at radius 2 is 1.72 bits per heavy atom. The molecule has 0 N–H and O–H groups in total. The molecule has 0 aliphatic carbocycles. The van der Waals surface area contributed by atoms with Gasteiger partial charge in [0, 0.05) is 16.3 Å². The number of hydrogen-bond donors (Lipinski definition) is 0. The van der Waals surface area contributed by atoms with Crippen molar-refractivity contribution in [2.75, 3.05) is 11.5 Å². The summed E-state index contributed by atoms with van der Waals surface area (Å²) in [6.07, 6.45) is 0.653. The Bertz CT molecular complexity index is 840. The van der Waals surface area contributed by atoms with Gasteiger partial charge in [-0.15, -0.1) is 0 Å². The topological polar surface area (TPSA) is 81.0 Å². The number of fused-ring (bicyclic) bond motifs is 1. The summed E-state index contributed by atoms with van der Waals surface area (Å²) in [4.78, 5) is 1.42. The van der Waals surface area contributed by atoms with E-state index in [4.69, 9.17) is 18.2 Å². The zero-order valence-corrected chi connectivity index (χ0v) is 14.9. The van der Waals surface area contributed by atoms with E-state index >= 15 is 0 Å². The Labute approximate surface area is 147 Å².